The van der Waals surface area contributed by atoms with Gasteiger partial charge in [-0.2, -0.15) is 0 Å². The maximum Gasteiger partial charge on any atom is 0.407 e. The smallest absolute Gasteiger partial charge is 0.407 e. The molecule has 2 saturated heterocycles. The van der Waals surface area contributed by atoms with E-state index in [1.54, 1.807) is 0 Å². The fourth-order valence-electron chi connectivity index (χ4n) is 4.14. The summed E-state index contributed by atoms with van der Waals surface area (Å²) in [7, 11) is 0. The number of hydrogen-bond donors (Lipinski definition) is 2. The van der Waals surface area contributed by atoms with Gasteiger partial charge in [-0.25, -0.2) is 4.79 Å². The van der Waals surface area contributed by atoms with E-state index >= 15 is 0 Å². The number of benzene rings is 1. The largest absolute Gasteiger partial charge is 0.445 e. The summed E-state index contributed by atoms with van der Waals surface area (Å²) in [6, 6.07) is 11.1. The predicted octanol–water partition coefficient (Wildman–Crippen LogP) is 1.90. The van der Waals surface area contributed by atoms with Crippen molar-refractivity contribution >= 4 is 6.09 Å². The van der Waals surface area contributed by atoms with Gasteiger partial charge in [-0.15, -0.1) is 0 Å². The SMILES string of the molecule is O=C(NC1CC(NCC2CN3CCCC3CO2)C1)OCc1ccccc1. The molecule has 1 aliphatic carbocycles. The van der Waals surface area contributed by atoms with Crippen molar-refractivity contribution in [1.82, 2.24) is 15.5 Å². The zero-order chi connectivity index (χ0) is 17.8. The van der Waals surface area contributed by atoms with Crippen molar-refractivity contribution in [3.8, 4) is 0 Å². The molecule has 26 heavy (non-hydrogen) atoms. The molecule has 1 amide bonds. The van der Waals surface area contributed by atoms with Crippen LogP contribution in [-0.4, -0.2) is 61.5 Å². The number of nitrogens with zero attached hydrogens (tertiary/aromatic N) is 1. The minimum atomic E-state index is -0.326. The van der Waals surface area contributed by atoms with Crippen molar-refractivity contribution in [2.45, 2.75) is 56.5 Å². The number of alkyl carbamates (subject to hydrolysis) is 1. The van der Waals surface area contributed by atoms with Gasteiger partial charge in [-0.05, 0) is 37.8 Å². The minimum absolute atomic E-state index is 0.214. The van der Waals surface area contributed by atoms with Crippen LogP contribution in [0.15, 0.2) is 30.3 Å². The van der Waals surface area contributed by atoms with Crippen LogP contribution >= 0.6 is 0 Å². The summed E-state index contributed by atoms with van der Waals surface area (Å²) in [6.07, 6.45) is 4.49. The van der Waals surface area contributed by atoms with Crippen molar-refractivity contribution in [2.75, 3.05) is 26.2 Å². The molecule has 0 bridgehead atoms. The van der Waals surface area contributed by atoms with Crippen LogP contribution in [0, 0.1) is 0 Å². The van der Waals surface area contributed by atoms with Crippen molar-refractivity contribution in [2.24, 2.45) is 0 Å². The van der Waals surface area contributed by atoms with Crippen LogP contribution in [0.5, 0.6) is 0 Å². The van der Waals surface area contributed by atoms with Crippen molar-refractivity contribution in [3.63, 3.8) is 0 Å². The molecule has 3 fully saturated rings. The van der Waals surface area contributed by atoms with Crippen LogP contribution in [-0.2, 0) is 16.1 Å². The van der Waals surface area contributed by atoms with Gasteiger partial charge in [0, 0.05) is 31.2 Å². The van der Waals surface area contributed by atoms with Crippen LogP contribution in [0.25, 0.3) is 0 Å². The molecule has 3 aliphatic rings. The average molecular weight is 359 g/mol. The number of nitrogens with one attached hydrogen (secondary N) is 2. The Kier molecular flexibility index (Phi) is 5.72. The fourth-order valence-corrected chi connectivity index (χ4v) is 4.14. The third-order valence-corrected chi connectivity index (χ3v) is 5.77. The molecule has 2 aliphatic heterocycles. The van der Waals surface area contributed by atoms with E-state index in [-0.39, 0.29) is 12.1 Å². The first-order valence-corrected chi connectivity index (χ1v) is 9.82. The van der Waals surface area contributed by atoms with Crippen molar-refractivity contribution < 1.29 is 14.3 Å². The van der Waals surface area contributed by atoms with Gasteiger partial charge in [-0.3, -0.25) is 4.90 Å². The number of carbonyl (C=O) groups is 1. The van der Waals surface area contributed by atoms with Crippen LogP contribution in [0.2, 0.25) is 0 Å². The molecular weight excluding hydrogens is 330 g/mol. The zero-order valence-electron chi connectivity index (χ0n) is 15.2. The molecule has 1 aromatic rings. The number of amides is 1. The first-order chi connectivity index (χ1) is 12.8. The standard InChI is InChI=1S/C20H29N3O3/c24-20(26-13-15-5-2-1-3-6-15)22-17-9-16(10-17)21-11-19-12-23-8-4-7-18(23)14-25-19/h1-3,5-6,16-19,21H,4,7-14H2,(H,22,24). The average Bonchev–Trinajstić information content (AvgIpc) is 3.10. The number of hydrogen-bond acceptors (Lipinski definition) is 5. The number of ether oxygens (including phenoxy) is 2. The van der Waals surface area contributed by atoms with Gasteiger partial charge in [-0.1, -0.05) is 30.3 Å². The second kappa shape index (κ2) is 8.37. The molecule has 1 aromatic carbocycles. The zero-order valence-corrected chi connectivity index (χ0v) is 15.2. The molecular formula is C20H29N3O3. The van der Waals surface area contributed by atoms with Gasteiger partial charge >= 0.3 is 6.09 Å². The summed E-state index contributed by atoms with van der Waals surface area (Å²) < 4.78 is 11.3. The summed E-state index contributed by atoms with van der Waals surface area (Å²) in [6.45, 7) is 4.38. The molecule has 0 radical (unpaired) electrons. The van der Waals surface area contributed by atoms with E-state index in [0.717, 1.165) is 38.1 Å². The Balaban J connectivity index is 1.08. The van der Waals surface area contributed by atoms with Crippen LogP contribution in [0.3, 0.4) is 0 Å². The lowest BCUT2D eigenvalue weighted by Gasteiger charge is -2.39. The molecule has 2 N–H and O–H groups in total. The predicted molar refractivity (Wildman–Crippen MR) is 98.9 cm³/mol. The topological polar surface area (TPSA) is 62.8 Å². The maximum atomic E-state index is 11.9. The van der Waals surface area contributed by atoms with Crippen molar-refractivity contribution in [1.29, 1.82) is 0 Å². The Morgan fingerprint density at radius 1 is 1.23 bits per heavy atom. The number of fused-ring (bicyclic) bond motifs is 1. The lowest BCUT2D eigenvalue weighted by molar-refractivity contribution is -0.0490. The Hall–Kier alpha value is -1.63. The van der Waals surface area contributed by atoms with Crippen LogP contribution in [0.4, 0.5) is 4.79 Å². The quantitative estimate of drug-likeness (QED) is 0.812. The normalized spacial score (nSPS) is 31.1. The fraction of sp³-hybridized carbons (Fsp3) is 0.650. The molecule has 6 heteroatoms. The van der Waals surface area contributed by atoms with E-state index in [1.807, 2.05) is 30.3 Å². The molecule has 2 heterocycles. The molecule has 142 valence electrons. The Morgan fingerprint density at radius 2 is 2.08 bits per heavy atom. The van der Waals surface area contributed by atoms with Crippen LogP contribution in [0.1, 0.15) is 31.2 Å². The van der Waals surface area contributed by atoms with Gasteiger partial charge in [0.05, 0.1) is 12.7 Å². The van der Waals surface area contributed by atoms with E-state index in [2.05, 4.69) is 15.5 Å². The van der Waals surface area contributed by atoms with Gasteiger partial charge in [0.15, 0.2) is 0 Å². The van der Waals surface area contributed by atoms with Crippen LogP contribution < -0.4 is 10.6 Å². The van der Waals surface area contributed by atoms with E-state index in [0.29, 0.717) is 24.8 Å². The molecule has 1 saturated carbocycles. The third-order valence-electron chi connectivity index (χ3n) is 5.77. The lowest BCUT2D eigenvalue weighted by Crippen LogP contribution is -2.56. The van der Waals surface area contributed by atoms with E-state index in [9.17, 15) is 4.79 Å². The highest BCUT2D eigenvalue weighted by atomic mass is 16.5. The number of morpholine rings is 1. The summed E-state index contributed by atoms with van der Waals surface area (Å²) in [4.78, 5) is 14.4. The summed E-state index contributed by atoms with van der Waals surface area (Å²) in [5.74, 6) is 0. The van der Waals surface area contributed by atoms with Gasteiger partial charge in [0.1, 0.15) is 6.61 Å². The van der Waals surface area contributed by atoms with E-state index < -0.39 is 0 Å². The summed E-state index contributed by atoms with van der Waals surface area (Å²) >= 11 is 0. The Bertz CT molecular complexity index is 591. The lowest BCUT2D eigenvalue weighted by atomic mass is 9.87. The Morgan fingerprint density at radius 3 is 2.92 bits per heavy atom. The highest BCUT2D eigenvalue weighted by molar-refractivity contribution is 5.67. The second-order valence-corrected chi connectivity index (χ2v) is 7.73. The molecule has 2 unspecified atom stereocenters. The summed E-state index contributed by atoms with van der Waals surface area (Å²) in [5.41, 5.74) is 1.00. The molecule has 0 spiro atoms. The monoisotopic (exact) mass is 359 g/mol. The first-order valence-electron chi connectivity index (χ1n) is 9.82. The Labute approximate surface area is 155 Å². The molecule has 6 nitrogen and oxygen atoms in total. The maximum absolute atomic E-state index is 11.9. The molecule has 0 aromatic heterocycles. The highest BCUT2D eigenvalue weighted by Crippen LogP contribution is 2.24. The number of carbonyl (C=O) groups excluding carboxylic acids is 1. The third kappa shape index (κ3) is 4.55. The molecule has 4 rings (SSSR count). The van der Waals surface area contributed by atoms with Gasteiger partial charge < -0.3 is 20.1 Å². The van der Waals surface area contributed by atoms with Gasteiger partial charge in [0.25, 0.3) is 0 Å². The second-order valence-electron chi connectivity index (χ2n) is 7.73. The van der Waals surface area contributed by atoms with E-state index in [1.165, 1.54) is 19.4 Å². The molecule has 2 atom stereocenters. The summed E-state index contributed by atoms with van der Waals surface area (Å²) in [5, 5.41) is 6.53. The van der Waals surface area contributed by atoms with Crippen molar-refractivity contribution in [3.05, 3.63) is 35.9 Å². The number of rotatable bonds is 6. The highest BCUT2D eigenvalue weighted by Gasteiger charge is 2.34. The minimum Gasteiger partial charge on any atom is -0.445 e. The first kappa shape index (κ1) is 17.8. The van der Waals surface area contributed by atoms with Gasteiger partial charge in [0.2, 0.25) is 0 Å². The van der Waals surface area contributed by atoms with E-state index in [4.69, 9.17) is 9.47 Å².